The lowest BCUT2D eigenvalue weighted by molar-refractivity contribution is 0.117. The van der Waals surface area contributed by atoms with Crippen LogP contribution in [0.1, 0.15) is 33.6 Å². The SMILES string of the molecule is CCCOCCC(CCl)C(C)C. The van der Waals surface area contributed by atoms with Gasteiger partial charge < -0.3 is 4.74 Å². The Morgan fingerprint density at radius 1 is 1.25 bits per heavy atom. The molecule has 0 aliphatic rings. The minimum atomic E-state index is 0.614. The van der Waals surface area contributed by atoms with E-state index in [-0.39, 0.29) is 0 Å². The quantitative estimate of drug-likeness (QED) is 0.444. The smallest absolute Gasteiger partial charge is 0.0469 e. The van der Waals surface area contributed by atoms with Gasteiger partial charge in [0.05, 0.1) is 0 Å². The van der Waals surface area contributed by atoms with Gasteiger partial charge in [0.15, 0.2) is 0 Å². The fourth-order valence-corrected chi connectivity index (χ4v) is 1.58. The summed E-state index contributed by atoms with van der Waals surface area (Å²) in [5, 5.41) is 0. The lowest BCUT2D eigenvalue weighted by atomic mass is 9.95. The average molecular weight is 193 g/mol. The van der Waals surface area contributed by atoms with Crippen LogP contribution in [0.25, 0.3) is 0 Å². The highest BCUT2D eigenvalue weighted by Gasteiger charge is 2.11. The highest BCUT2D eigenvalue weighted by Crippen LogP contribution is 2.16. The Morgan fingerprint density at radius 2 is 1.92 bits per heavy atom. The molecule has 0 spiro atoms. The van der Waals surface area contributed by atoms with Gasteiger partial charge in [0, 0.05) is 19.1 Å². The molecule has 0 aromatic carbocycles. The molecule has 0 heterocycles. The van der Waals surface area contributed by atoms with Crippen molar-refractivity contribution < 1.29 is 4.74 Å². The maximum absolute atomic E-state index is 5.82. The Labute approximate surface area is 81.4 Å². The first-order valence-electron chi connectivity index (χ1n) is 4.86. The van der Waals surface area contributed by atoms with Crippen LogP contribution in [0.5, 0.6) is 0 Å². The van der Waals surface area contributed by atoms with Gasteiger partial charge in [-0.1, -0.05) is 20.8 Å². The van der Waals surface area contributed by atoms with E-state index in [1.54, 1.807) is 0 Å². The second-order valence-corrected chi connectivity index (χ2v) is 3.87. The summed E-state index contributed by atoms with van der Waals surface area (Å²) in [5.41, 5.74) is 0. The van der Waals surface area contributed by atoms with E-state index in [2.05, 4.69) is 20.8 Å². The first-order chi connectivity index (χ1) is 5.72. The van der Waals surface area contributed by atoms with Crippen molar-refractivity contribution in [2.75, 3.05) is 19.1 Å². The number of hydrogen-bond acceptors (Lipinski definition) is 1. The van der Waals surface area contributed by atoms with Crippen LogP contribution < -0.4 is 0 Å². The molecule has 0 aliphatic heterocycles. The molecule has 0 radical (unpaired) electrons. The molecule has 0 aromatic rings. The van der Waals surface area contributed by atoms with Crippen LogP contribution in [0.3, 0.4) is 0 Å². The fourth-order valence-electron chi connectivity index (χ4n) is 1.07. The molecule has 0 rings (SSSR count). The van der Waals surface area contributed by atoms with Gasteiger partial charge in [0.25, 0.3) is 0 Å². The third kappa shape index (κ3) is 5.84. The molecule has 0 saturated heterocycles. The van der Waals surface area contributed by atoms with Gasteiger partial charge in [0.2, 0.25) is 0 Å². The van der Waals surface area contributed by atoms with Crippen molar-refractivity contribution in [1.82, 2.24) is 0 Å². The van der Waals surface area contributed by atoms with Crippen LogP contribution in [-0.2, 0) is 4.74 Å². The second kappa shape index (κ2) is 7.88. The van der Waals surface area contributed by atoms with Gasteiger partial charge in [-0.05, 0) is 24.7 Å². The molecular formula is C10H21ClO. The van der Waals surface area contributed by atoms with E-state index in [1.165, 1.54) is 0 Å². The third-order valence-electron chi connectivity index (χ3n) is 2.12. The van der Waals surface area contributed by atoms with Gasteiger partial charge in [0.1, 0.15) is 0 Å². The minimum absolute atomic E-state index is 0.614. The largest absolute Gasteiger partial charge is 0.381 e. The predicted octanol–water partition coefficient (Wildman–Crippen LogP) is 3.31. The van der Waals surface area contributed by atoms with Crippen molar-refractivity contribution in [3.63, 3.8) is 0 Å². The van der Waals surface area contributed by atoms with E-state index in [0.717, 1.165) is 31.9 Å². The molecule has 0 fully saturated rings. The summed E-state index contributed by atoms with van der Waals surface area (Å²) >= 11 is 5.82. The lowest BCUT2D eigenvalue weighted by Gasteiger charge is -2.17. The van der Waals surface area contributed by atoms with Gasteiger partial charge >= 0.3 is 0 Å². The topological polar surface area (TPSA) is 9.23 Å². The number of halogens is 1. The summed E-state index contributed by atoms with van der Waals surface area (Å²) in [7, 11) is 0. The molecule has 1 nitrogen and oxygen atoms in total. The molecule has 0 aromatic heterocycles. The van der Waals surface area contributed by atoms with Crippen molar-refractivity contribution in [3.05, 3.63) is 0 Å². The third-order valence-corrected chi connectivity index (χ3v) is 2.52. The number of ether oxygens (including phenoxy) is 1. The molecule has 2 heteroatoms. The van der Waals surface area contributed by atoms with E-state index in [9.17, 15) is 0 Å². The monoisotopic (exact) mass is 192 g/mol. The standard InChI is InChI=1S/C10H21ClO/c1-4-6-12-7-5-10(8-11)9(2)3/h9-10H,4-8H2,1-3H3. The van der Waals surface area contributed by atoms with E-state index < -0.39 is 0 Å². The molecule has 0 N–H and O–H groups in total. The van der Waals surface area contributed by atoms with Crippen LogP contribution in [-0.4, -0.2) is 19.1 Å². The lowest BCUT2D eigenvalue weighted by Crippen LogP contribution is -2.13. The molecule has 1 atom stereocenters. The minimum Gasteiger partial charge on any atom is -0.381 e. The van der Waals surface area contributed by atoms with E-state index >= 15 is 0 Å². The van der Waals surface area contributed by atoms with Gasteiger partial charge in [-0.2, -0.15) is 0 Å². The first-order valence-corrected chi connectivity index (χ1v) is 5.39. The molecular weight excluding hydrogens is 172 g/mol. The highest BCUT2D eigenvalue weighted by molar-refractivity contribution is 6.18. The van der Waals surface area contributed by atoms with Crippen LogP contribution in [0.4, 0.5) is 0 Å². The number of rotatable bonds is 7. The molecule has 1 unspecified atom stereocenters. The number of hydrogen-bond donors (Lipinski definition) is 0. The highest BCUT2D eigenvalue weighted by atomic mass is 35.5. The fraction of sp³-hybridized carbons (Fsp3) is 1.00. The summed E-state index contributed by atoms with van der Waals surface area (Å²) < 4.78 is 5.41. The Balaban J connectivity index is 3.32. The zero-order valence-electron chi connectivity index (χ0n) is 8.48. The van der Waals surface area contributed by atoms with Crippen molar-refractivity contribution in [3.8, 4) is 0 Å². The van der Waals surface area contributed by atoms with Gasteiger partial charge in [-0.25, -0.2) is 0 Å². The maximum atomic E-state index is 5.82. The average Bonchev–Trinajstić information content (AvgIpc) is 2.04. The van der Waals surface area contributed by atoms with Crippen LogP contribution in [0.15, 0.2) is 0 Å². The maximum Gasteiger partial charge on any atom is 0.0469 e. The Bertz CT molecular complexity index is 93.8. The normalized spacial score (nSPS) is 13.8. The number of alkyl halides is 1. The molecule has 0 bridgehead atoms. The zero-order valence-corrected chi connectivity index (χ0v) is 9.23. The summed E-state index contributed by atoms with van der Waals surface area (Å²) in [6.45, 7) is 8.30. The van der Waals surface area contributed by atoms with Crippen LogP contribution in [0, 0.1) is 11.8 Å². The molecule has 0 saturated carbocycles. The predicted molar refractivity (Wildman–Crippen MR) is 54.8 cm³/mol. The second-order valence-electron chi connectivity index (χ2n) is 3.56. The van der Waals surface area contributed by atoms with E-state index in [4.69, 9.17) is 16.3 Å². The van der Waals surface area contributed by atoms with E-state index in [0.29, 0.717) is 11.8 Å². The summed E-state index contributed by atoms with van der Waals surface area (Å²) in [6.07, 6.45) is 2.20. The Hall–Kier alpha value is 0.250. The van der Waals surface area contributed by atoms with Crippen molar-refractivity contribution in [2.24, 2.45) is 11.8 Å². The van der Waals surface area contributed by atoms with Crippen molar-refractivity contribution in [1.29, 1.82) is 0 Å². The summed E-state index contributed by atoms with van der Waals surface area (Å²) in [6, 6.07) is 0. The van der Waals surface area contributed by atoms with Gasteiger partial charge in [-0.15, -0.1) is 11.6 Å². The molecule has 74 valence electrons. The van der Waals surface area contributed by atoms with E-state index in [1.807, 2.05) is 0 Å². The molecule has 12 heavy (non-hydrogen) atoms. The molecule has 0 amide bonds. The van der Waals surface area contributed by atoms with Crippen molar-refractivity contribution >= 4 is 11.6 Å². The first kappa shape index (κ1) is 12.2. The zero-order chi connectivity index (χ0) is 9.40. The van der Waals surface area contributed by atoms with Crippen molar-refractivity contribution in [2.45, 2.75) is 33.6 Å². The van der Waals surface area contributed by atoms with Crippen LogP contribution in [0.2, 0.25) is 0 Å². The summed E-state index contributed by atoms with van der Waals surface area (Å²) in [5.74, 6) is 2.05. The summed E-state index contributed by atoms with van der Waals surface area (Å²) in [4.78, 5) is 0. The Kier molecular flexibility index (Phi) is 8.04. The van der Waals surface area contributed by atoms with Gasteiger partial charge in [-0.3, -0.25) is 0 Å². The molecule has 0 aliphatic carbocycles. The Morgan fingerprint density at radius 3 is 2.33 bits per heavy atom. The van der Waals surface area contributed by atoms with Crippen LogP contribution >= 0.6 is 11.6 Å².